The van der Waals surface area contributed by atoms with Crippen LogP contribution in [0.4, 0.5) is 0 Å². The van der Waals surface area contributed by atoms with Crippen LogP contribution in [0.25, 0.3) is 0 Å². The lowest BCUT2D eigenvalue weighted by atomic mass is 10.2. The van der Waals surface area contributed by atoms with Crippen LogP contribution in [0.1, 0.15) is 43.1 Å². The maximum atomic E-state index is 6.26. The highest BCUT2D eigenvalue weighted by atomic mass is 35.5. The summed E-state index contributed by atoms with van der Waals surface area (Å²) in [6, 6.07) is 13.4. The number of rotatable bonds is 10. The van der Waals surface area contributed by atoms with Crippen molar-refractivity contribution in [3.05, 3.63) is 69.5 Å². The van der Waals surface area contributed by atoms with E-state index in [1.54, 1.807) is 17.0 Å². The van der Waals surface area contributed by atoms with E-state index in [1.807, 2.05) is 43.3 Å². The van der Waals surface area contributed by atoms with Gasteiger partial charge < -0.3 is 4.74 Å². The molecule has 5 nitrogen and oxygen atoms in total. The smallest absolute Gasteiger partial charge is 0.212 e. The third kappa shape index (κ3) is 6.49. The summed E-state index contributed by atoms with van der Waals surface area (Å²) in [4.78, 5) is 0. The summed E-state index contributed by atoms with van der Waals surface area (Å²) in [7, 11) is 0. The summed E-state index contributed by atoms with van der Waals surface area (Å²) in [5.74, 6) is 2.24. The minimum Gasteiger partial charge on any atom is -0.494 e. The Morgan fingerprint density at radius 2 is 1.90 bits per heavy atom. The molecule has 0 saturated heterocycles. The molecule has 1 heterocycles. The predicted octanol–water partition coefficient (Wildman–Crippen LogP) is 6.64. The van der Waals surface area contributed by atoms with Crippen molar-refractivity contribution in [1.29, 1.82) is 0 Å². The summed E-state index contributed by atoms with van der Waals surface area (Å²) >= 11 is 13.7. The Bertz CT molecular complexity index is 989. The van der Waals surface area contributed by atoms with Gasteiger partial charge in [-0.3, -0.25) is 0 Å². The van der Waals surface area contributed by atoms with Gasteiger partial charge in [0.15, 0.2) is 5.82 Å². The van der Waals surface area contributed by atoms with E-state index in [4.69, 9.17) is 27.9 Å². The van der Waals surface area contributed by atoms with Gasteiger partial charge in [0.05, 0.1) is 12.8 Å². The van der Waals surface area contributed by atoms with Gasteiger partial charge in [-0.2, -0.15) is 9.78 Å². The molecule has 2 aromatic carbocycles. The molecular formula is C22H24Cl2N4OS. The number of nitrogens with zero attached hydrogens (tertiary/aromatic N) is 4. The van der Waals surface area contributed by atoms with Gasteiger partial charge >= 0.3 is 0 Å². The van der Waals surface area contributed by atoms with E-state index in [0.717, 1.165) is 29.9 Å². The van der Waals surface area contributed by atoms with Crippen molar-refractivity contribution < 1.29 is 4.74 Å². The van der Waals surface area contributed by atoms with E-state index in [2.05, 4.69) is 22.2 Å². The SMILES string of the molecule is CCCCCOc1ccc(/C=N/n2c(C)nnc2SCc2ccc(Cl)cc2Cl)cc1. The fourth-order valence-electron chi connectivity index (χ4n) is 2.66. The Morgan fingerprint density at radius 3 is 2.63 bits per heavy atom. The number of benzene rings is 2. The summed E-state index contributed by atoms with van der Waals surface area (Å²) in [6.07, 6.45) is 5.24. The van der Waals surface area contributed by atoms with E-state index in [-0.39, 0.29) is 0 Å². The van der Waals surface area contributed by atoms with Crippen molar-refractivity contribution in [2.75, 3.05) is 6.61 Å². The number of aryl methyl sites for hydroxylation is 1. The maximum absolute atomic E-state index is 6.26. The summed E-state index contributed by atoms with van der Waals surface area (Å²) in [6.45, 7) is 4.80. The van der Waals surface area contributed by atoms with Crippen LogP contribution in [-0.2, 0) is 5.75 Å². The van der Waals surface area contributed by atoms with Crippen LogP contribution in [0, 0.1) is 6.92 Å². The third-order valence-corrected chi connectivity index (χ3v) is 5.91. The second-order valence-corrected chi connectivity index (χ2v) is 8.52. The number of thioether (sulfide) groups is 1. The minimum atomic E-state index is 0.620. The van der Waals surface area contributed by atoms with Crippen LogP contribution in [0.15, 0.2) is 52.7 Å². The first-order chi connectivity index (χ1) is 14.6. The van der Waals surface area contributed by atoms with E-state index in [9.17, 15) is 0 Å². The number of ether oxygens (including phenoxy) is 1. The summed E-state index contributed by atoms with van der Waals surface area (Å²) in [5, 5.41) is 14.9. The second kappa shape index (κ2) is 11.4. The lowest BCUT2D eigenvalue weighted by Gasteiger charge is -2.06. The fraction of sp³-hybridized carbons (Fsp3) is 0.318. The highest BCUT2D eigenvalue weighted by Crippen LogP contribution is 2.28. The molecule has 0 atom stereocenters. The summed E-state index contributed by atoms with van der Waals surface area (Å²) in [5.41, 5.74) is 1.96. The van der Waals surface area contributed by atoms with Gasteiger partial charge in [-0.05, 0) is 60.9 Å². The van der Waals surface area contributed by atoms with Crippen molar-refractivity contribution in [3.63, 3.8) is 0 Å². The van der Waals surface area contributed by atoms with Crippen LogP contribution in [-0.4, -0.2) is 27.7 Å². The Hall–Kier alpha value is -2.02. The van der Waals surface area contributed by atoms with Gasteiger partial charge in [0.25, 0.3) is 0 Å². The Morgan fingerprint density at radius 1 is 1.10 bits per heavy atom. The normalized spacial score (nSPS) is 11.3. The topological polar surface area (TPSA) is 52.3 Å². The lowest BCUT2D eigenvalue weighted by molar-refractivity contribution is 0.306. The average Bonchev–Trinajstić information content (AvgIpc) is 3.09. The van der Waals surface area contributed by atoms with E-state index in [1.165, 1.54) is 24.6 Å². The molecule has 0 N–H and O–H groups in total. The molecule has 0 fully saturated rings. The molecule has 0 aliphatic heterocycles. The second-order valence-electron chi connectivity index (χ2n) is 6.74. The van der Waals surface area contributed by atoms with Gasteiger partial charge in [-0.25, -0.2) is 0 Å². The first kappa shape index (κ1) is 22.7. The van der Waals surface area contributed by atoms with Crippen molar-refractivity contribution in [2.45, 2.75) is 44.0 Å². The van der Waals surface area contributed by atoms with Gasteiger partial charge in [-0.1, -0.05) is 60.8 Å². The zero-order chi connectivity index (χ0) is 21.3. The maximum Gasteiger partial charge on any atom is 0.212 e. The van der Waals surface area contributed by atoms with Crippen LogP contribution >= 0.6 is 35.0 Å². The first-order valence-electron chi connectivity index (χ1n) is 9.82. The lowest BCUT2D eigenvalue weighted by Crippen LogP contribution is -1.98. The number of halogens is 2. The van der Waals surface area contributed by atoms with Gasteiger partial charge in [0.1, 0.15) is 5.75 Å². The molecule has 30 heavy (non-hydrogen) atoms. The highest BCUT2D eigenvalue weighted by Gasteiger charge is 2.10. The van der Waals surface area contributed by atoms with Crippen molar-refractivity contribution in [2.24, 2.45) is 5.10 Å². The van der Waals surface area contributed by atoms with Crippen LogP contribution < -0.4 is 4.74 Å². The molecule has 0 amide bonds. The highest BCUT2D eigenvalue weighted by molar-refractivity contribution is 7.98. The molecule has 0 radical (unpaired) electrons. The molecule has 0 aliphatic rings. The number of aromatic nitrogens is 3. The molecule has 3 rings (SSSR count). The number of hydrogen-bond donors (Lipinski definition) is 0. The largest absolute Gasteiger partial charge is 0.494 e. The fourth-order valence-corrected chi connectivity index (χ4v) is 4.15. The Labute approximate surface area is 191 Å². The molecule has 158 valence electrons. The molecule has 8 heteroatoms. The zero-order valence-electron chi connectivity index (χ0n) is 17.0. The van der Waals surface area contributed by atoms with E-state index in [0.29, 0.717) is 26.8 Å². The number of hydrogen-bond acceptors (Lipinski definition) is 5. The molecular weight excluding hydrogens is 439 g/mol. The predicted molar refractivity (Wildman–Crippen MR) is 125 cm³/mol. The first-order valence-corrected chi connectivity index (χ1v) is 11.6. The van der Waals surface area contributed by atoms with Crippen molar-refractivity contribution >= 4 is 41.2 Å². The monoisotopic (exact) mass is 462 g/mol. The quantitative estimate of drug-likeness (QED) is 0.192. The summed E-state index contributed by atoms with van der Waals surface area (Å²) < 4.78 is 7.48. The van der Waals surface area contributed by atoms with Crippen molar-refractivity contribution in [3.8, 4) is 5.75 Å². The van der Waals surface area contributed by atoms with Gasteiger partial charge in [0, 0.05) is 15.8 Å². The molecule has 0 saturated carbocycles. The Kier molecular flexibility index (Phi) is 8.61. The van der Waals surface area contributed by atoms with Gasteiger partial charge in [0.2, 0.25) is 5.16 Å². The molecule has 0 bridgehead atoms. The zero-order valence-corrected chi connectivity index (χ0v) is 19.3. The van der Waals surface area contributed by atoms with Crippen LogP contribution in [0.2, 0.25) is 10.0 Å². The van der Waals surface area contributed by atoms with Gasteiger partial charge in [-0.15, -0.1) is 10.2 Å². The Balaban J connectivity index is 1.62. The molecule has 3 aromatic rings. The number of unbranched alkanes of at least 4 members (excludes halogenated alkanes) is 2. The standard InChI is InChI=1S/C22H24Cl2N4OS/c1-3-4-5-12-29-20-10-6-17(7-11-20)14-25-28-16(2)26-27-22(28)30-15-18-8-9-19(23)13-21(18)24/h6-11,13-14H,3-5,12,15H2,1-2H3/b25-14+. The molecule has 1 aromatic heterocycles. The van der Waals surface area contributed by atoms with Crippen LogP contribution in [0.3, 0.4) is 0 Å². The van der Waals surface area contributed by atoms with E-state index < -0.39 is 0 Å². The average molecular weight is 463 g/mol. The van der Waals surface area contributed by atoms with Crippen molar-refractivity contribution in [1.82, 2.24) is 14.9 Å². The van der Waals surface area contributed by atoms with E-state index >= 15 is 0 Å². The molecule has 0 aliphatic carbocycles. The molecule has 0 spiro atoms. The minimum absolute atomic E-state index is 0.620. The molecule has 0 unspecified atom stereocenters. The third-order valence-electron chi connectivity index (χ3n) is 4.36. The van der Waals surface area contributed by atoms with Crippen LogP contribution in [0.5, 0.6) is 5.75 Å².